The van der Waals surface area contributed by atoms with Crippen molar-refractivity contribution < 1.29 is 15.0 Å². The van der Waals surface area contributed by atoms with Crippen LogP contribution in [0.15, 0.2) is 36.7 Å². The summed E-state index contributed by atoms with van der Waals surface area (Å²) in [7, 11) is 0. The number of imidazole rings is 1. The molecular weight excluding hydrogens is 270 g/mol. The van der Waals surface area contributed by atoms with Crippen LogP contribution in [0.25, 0.3) is 22.2 Å². The highest BCUT2D eigenvalue weighted by molar-refractivity contribution is 5.96. The van der Waals surface area contributed by atoms with E-state index in [2.05, 4.69) is 16.0 Å². The van der Waals surface area contributed by atoms with Crippen LogP contribution in [0, 0.1) is 11.3 Å². The molecule has 6 nitrogen and oxygen atoms in total. The lowest BCUT2D eigenvalue weighted by Gasteiger charge is -2.06. The average molecular weight is 279 g/mol. The van der Waals surface area contributed by atoms with Gasteiger partial charge in [0.2, 0.25) is 0 Å². The lowest BCUT2D eigenvalue weighted by molar-refractivity contribution is 0.0694. The molecule has 0 saturated carbocycles. The first-order valence-electron chi connectivity index (χ1n) is 6.04. The fourth-order valence-corrected chi connectivity index (χ4v) is 2.22. The number of H-pyrrole nitrogens is 1. The number of nitriles is 1. The third-order valence-electron chi connectivity index (χ3n) is 3.20. The third kappa shape index (κ3) is 2.07. The number of fused-ring (bicyclic) bond motifs is 1. The van der Waals surface area contributed by atoms with Crippen LogP contribution in [0.1, 0.15) is 15.9 Å². The summed E-state index contributed by atoms with van der Waals surface area (Å²) in [5.41, 5.74) is 2.89. The number of carboxylic acid groups (broad SMARTS) is 1. The van der Waals surface area contributed by atoms with E-state index >= 15 is 0 Å². The van der Waals surface area contributed by atoms with Crippen LogP contribution in [0.3, 0.4) is 0 Å². The Morgan fingerprint density at radius 2 is 2.10 bits per heavy atom. The van der Waals surface area contributed by atoms with Gasteiger partial charge in [0.15, 0.2) is 0 Å². The summed E-state index contributed by atoms with van der Waals surface area (Å²) < 4.78 is 0. The van der Waals surface area contributed by atoms with Crippen molar-refractivity contribution in [2.45, 2.75) is 0 Å². The average Bonchev–Trinajstić information content (AvgIpc) is 2.93. The number of aromatic nitrogens is 2. The van der Waals surface area contributed by atoms with Gasteiger partial charge in [-0.15, -0.1) is 0 Å². The third-order valence-corrected chi connectivity index (χ3v) is 3.20. The molecule has 21 heavy (non-hydrogen) atoms. The van der Waals surface area contributed by atoms with Gasteiger partial charge in [-0.3, -0.25) is 0 Å². The predicted octanol–water partition coefficient (Wildman–Crippen LogP) is 2.51. The molecule has 0 spiro atoms. The second kappa shape index (κ2) is 4.65. The fraction of sp³-hybridized carbons (Fsp3) is 0. The molecule has 6 heteroatoms. The Balaban J connectivity index is 2.25. The maximum atomic E-state index is 10.9. The van der Waals surface area contributed by atoms with Gasteiger partial charge in [0.25, 0.3) is 0 Å². The minimum Gasteiger partial charge on any atom is -0.507 e. The number of aromatic carboxylic acids is 1. The molecule has 0 atom stereocenters. The van der Waals surface area contributed by atoms with E-state index in [0.717, 1.165) is 5.52 Å². The van der Waals surface area contributed by atoms with E-state index in [1.54, 1.807) is 18.2 Å². The molecular formula is C15H9N3O3. The summed E-state index contributed by atoms with van der Waals surface area (Å²) in [6.45, 7) is 0. The van der Waals surface area contributed by atoms with E-state index in [0.29, 0.717) is 22.2 Å². The quantitative estimate of drug-likeness (QED) is 0.667. The molecule has 102 valence electrons. The van der Waals surface area contributed by atoms with Gasteiger partial charge in [0.05, 0.1) is 29.0 Å². The van der Waals surface area contributed by atoms with Crippen molar-refractivity contribution in [3.63, 3.8) is 0 Å². The summed E-state index contributed by atoms with van der Waals surface area (Å²) in [4.78, 5) is 18.0. The number of nitrogens with zero attached hydrogens (tertiary/aromatic N) is 2. The molecule has 3 rings (SSSR count). The van der Waals surface area contributed by atoms with Crippen molar-refractivity contribution in [3.05, 3.63) is 47.8 Å². The molecule has 0 unspecified atom stereocenters. The zero-order valence-corrected chi connectivity index (χ0v) is 10.7. The predicted molar refractivity (Wildman–Crippen MR) is 74.9 cm³/mol. The van der Waals surface area contributed by atoms with Gasteiger partial charge in [-0.25, -0.2) is 9.78 Å². The first kappa shape index (κ1) is 12.7. The Bertz CT molecular complexity index is 906. The van der Waals surface area contributed by atoms with Gasteiger partial charge in [-0.05, 0) is 29.8 Å². The number of carboxylic acids is 1. The van der Waals surface area contributed by atoms with Crippen molar-refractivity contribution in [2.24, 2.45) is 0 Å². The minimum absolute atomic E-state index is 0.170. The zero-order valence-electron chi connectivity index (χ0n) is 10.7. The molecule has 1 heterocycles. The molecule has 0 aliphatic rings. The summed E-state index contributed by atoms with van der Waals surface area (Å²) in [6, 6.07) is 9.64. The standard InChI is InChI=1S/C15H9N3O3/c16-6-8-3-11(14-12(4-8)17-7-18-14)9-1-2-10(15(20)21)13(19)5-9/h1-5,7,19H,(H,17,18)(H,20,21). The number of nitrogens with one attached hydrogen (secondary N) is 1. The Kier molecular flexibility index (Phi) is 2.81. The van der Waals surface area contributed by atoms with Crippen molar-refractivity contribution in [3.8, 4) is 22.9 Å². The maximum Gasteiger partial charge on any atom is 0.339 e. The van der Waals surface area contributed by atoms with Gasteiger partial charge in [0.1, 0.15) is 11.3 Å². The van der Waals surface area contributed by atoms with Crippen molar-refractivity contribution in [1.29, 1.82) is 5.26 Å². The van der Waals surface area contributed by atoms with E-state index < -0.39 is 5.97 Å². The first-order chi connectivity index (χ1) is 10.1. The number of aromatic hydroxyl groups is 1. The molecule has 3 N–H and O–H groups in total. The topological polar surface area (TPSA) is 110 Å². The normalized spacial score (nSPS) is 10.4. The number of phenols is 1. The van der Waals surface area contributed by atoms with Crippen LogP contribution in [-0.2, 0) is 0 Å². The van der Waals surface area contributed by atoms with E-state index in [4.69, 9.17) is 10.4 Å². The van der Waals surface area contributed by atoms with Gasteiger partial charge >= 0.3 is 5.97 Å². The monoisotopic (exact) mass is 279 g/mol. The van der Waals surface area contributed by atoms with Gasteiger partial charge in [-0.2, -0.15) is 5.26 Å². The van der Waals surface area contributed by atoms with Gasteiger partial charge < -0.3 is 15.2 Å². The van der Waals surface area contributed by atoms with Crippen LogP contribution in [0.4, 0.5) is 0 Å². The highest BCUT2D eigenvalue weighted by Gasteiger charge is 2.13. The SMILES string of the molecule is N#Cc1cc(-c2ccc(C(=O)O)c(O)c2)c2[nH]cnc2c1. The molecule has 0 radical (unpaired) electrons. The van der Waals surface area contributed by atoms with Crippen LogP contribution in [0.2, 0.25) is 0 Å². The van der Waals surface area contributed by atoms with E-state index in [-0.39, 0.29) is 11.3 Å². The molecule has 2 aromatic carbocycles. The van der Waals surface area contributed by atoms with Gasteiger partial charge in [-0.1, -0.05) is 6.07 Å². The summed E-state index contributed by atoms with van der Waals surface area (Å²) in [5.74, 6) is -1.52. The van der Waals surface area contributed by atoms with E-state index in [1.807, 2.05) is 0 Å². The molecule has 0 aliphatic heterocycles. The highest BCUT2D eigenvalue weighted by atomic mass is 16.4. The number of aromatic amines is 1. The van der Waals surface area contributed by atoms with E-state index in [9.17, 15) is 9.90 Å². The first-order valence-corrected chi connectivity index (χ1v) is 6.04. The molecule has 0 amide bonds. The molecule has 0 saturated heterocycles. The smallest absolute Gasteiger partial charge is 0.339 e. The Morgan fingerprint density at radius 3 is 2.76 bits per heavy atom. The van der Waals surface area contributed by atoms with Crippen LogP contribution in [-0.4, -0.2) is 26.2 Å². The molecule has 1 aromatic heterocycles. The van der Waals surface area contributed by atoms with Crippen LogP contribution < -0.4 is 0 Å². The number of hydrogen-bond acceptors (Lipinski definition) is 4. The second-order valence-corrected chi connectivity index (χ2v) is 4.47. The molecule has 0 bridgehead atoms. The number of hydrogen-bond donors (Lipinski definition) is 3. The Labute approximate surface area is 118 Å². The largest absolute Gasteiger partial charge is 0.507 e. The molecule has 3 aromatic rings. The maximum absolute atomic E-state index is 10.9. The second-order valence-electron chi connectivity index (χ2n) is 4.47. The van der Waals surface area contributed by atoms with E-state index in [1.165, 1.54) is 18.5 Å². The summed E-state index contributed by atoms with van der Waals surface area (Å²) in [5, 5.41) is 27.8. The van der Waals surface area contributed by atoms with Crippen LogP contribution in [0.5, 0.6) is 5.75 Å². The number of carbonyl (C=O) groups is 1. The highest BCUT2D eigenvalue weighted by Crippen LogP contribution is 2.31. The lowest BCUT2D eigenvalue weighted by Crippen LogP contribution is -1.96. The number of benzene rings is 2. The molecule has 0 aliphatic carbocycles. The summed E-state index contributed by atoms with van der Waals surface area (Å²) >= 11 is 0. The Hall–Kier alpha value is -3.33. The fourth-order valence-electron chi connectivity index (χ4n) is 2.22. The van der Waals surface area contributed by atoms with Gasteiger partial charge in [0, 0.05) is 5.56 Å². The number of rotatable bonds is 2. The lowest BCUT2D eigenvalue weighted by atomic mass is 9.99. The summed E-state index contributed by atoms with van der Waals surface area (Å²) in [6.07, 6.45) is 1.51. The molecule has 0 fully saturated rings. The zero-order chi connectivity index (χ0) is 15.0. The van der Waals surface area contributed by atoms with Crippen molar-refractivity contribution in [2.75, 3.05) is 0 Å². The minimum atomic E-state index is -1.20. The van der Waals surface area contributed by atoms with Crippen molar-refractivity contribution in [1.82, 2.24) is 9.97 Å². The van der Waals surface area contributed by atoms with Crippen molar-refractivity contribution >= 4 is 17.0 Å². The Morgan fingerprint density at radius 1 is 1.29 bits per heavy atom. The van der Waals surface area contributed by atoms with Crippen LogP contribution >= 0.6 is 0 Å².